The van der Waals surface area contributed by atoms with E-state index in [9.17, 15) is 4.79 Å². The van der Waals surface area contributed by atoms with Gasteiger partial charge in [-0.2, -0.15) is 0 Å². The number of piperidine rings is 1. The molecule has 1 fully saturated rings. The van der Waals surface area contributed by atoms with Crippen molar-refractivity contribution in [3.8, 4) is 5.75 Å². The largest absolute Gasteiger partial charge is 0.484 e. The molecular formula is C20H25NO3. The summed E-state index contributed by atoms with van der Waals surface area (Å²) in [6, 6.07) is 6.25. The Morgan fingerprint density at radius 3 is 3.00 bits per heavy atom. The molecule has 4 rings (SSSR count). The highest BCUT2D eigenvalue weighted by molar-refractivity contribution is 5.84. The molecule has 2 heterocycles. The number of likely N-dealkylation sites (tertiary alicyclic amines) is 1. The molecule has 4 nitrogen and oxygen atoms in total. The van der Waals surface area contributed by atoms with Crippen molar-refractivity contribution in [2.75, 3.05) is 13.2 Å². The average Bonchev–Trinajstić information content (AvgIpc) is 2.98. The molecule has 1 aliphatic carbocycles. The summed E-state index contributed by atoms with van der Waals surface area (Å²) in [7, 11) is 0. The van der Waals surface area contributed by atoms with Gasteiger partial charge in [0.05, 0.1) is 0 Å². The van der Waals surface area contributed by atoms with Gasteiger partial charge in [-0.15, -0.1) is 0 Å². The molecular weight excluding hydrogens is 302 g/mol. The van der Waals surface area contributed by atoms with E-state index in [0.29, 0.717) is 6.04 Å². The number of ether oxygens (including phenoxy) is 1. The summed E-state index contributed by atoms with van der Waals surface area (Å²) in [5.41, 5.74) is 2.27. The first-order chi connectivity index (χ1) is 11.7. The first-order valence-electron chi connectivity index (χ1n) is 9.19. The zero-order valence-electron chi connectivity index (χ0n) is 14.3. The van der Waals surface area contributed by atoms with Crippen LogP contribution in [0.25, 0.3) is 11.0 Å². The lowest BCUT2D eigenvalue weighted by molar-refractivity contribution is -0.136. The van der Waals surface area contributed by atoms with Gasteiger partial charge in [0.25, 0.3) is 5.91 Å². The van der Waals surface area contributed by atoms with Gasteiger partial charge < -0.3 is 14.1 Å². The maximum Gasteiger partial charge on any atom is 0.260 e. The van der Waals surface area contributed by atoms with Gasteiger partial charge in [-0.1, -0.05) is 0 Å². The highest BCUT2D eigenvalue weighted by Crippen LogP contribution is 2.34. The number of nitrogens with zero attached hydrogens (tertiary/aromatic N) is 1. The van der Waals surface area contributed by atoms with E-state index in [4.69, 9.17) is 9.15 Å². The monoisotopic (exact) mass is 327 g/mol. The van der Waals surface area contributed by atoms with Gasteiger partial charge in [0.15, 0.2) is 6.61 Å². The van der Waals surface area contributed by atoms with Crippen LogP contribution in [-0.2, 0) is 17.6 Å². The van der Waals surface area contributed by atoms with E-state index in [1.54, 1.807) is 0 Å². The van der Waals surface area contributed by atoms with E-state index in [1.807, 2.05) is 23.1 Å². The molecule has 2 aliphatic rings. The summed E-state index contributed by atoms with van der Waals surface area (Å²) in [4.78, 5) is 14.4. The van der Waals surface area contributed by atoms with E-state index in [0.717, 1.165) is 54.7 Å². The van der Waals surface area contributed by atoms with Crippen molar-refractivity contribution in [1.29, 1.82) is 0 Å². The number of furan rings is 1. The topological polar surface area (TPSA) is 42.7 Å². The SMILES string of the molecule is CC1CCCCN1C(=O)COc1ccc2oc3c(c2c1)CCCC3. The number of aryl methyl sites for hydroxylation is 2. The second-order valence-electron chi connectivity index (χ2n) is 7.09. The summed E-state index contributed by atoms with van der Waals surface area (Å²) in [5, 5.41) is 1.15. The highest BCUT2D eigenvalue weighted by Gasteiger charge is 2.23. The third-order valence-corrected chi connectivity index (χ3v) is 5.41. The van der Waals surface area contributed by atoms with Crippen LogP contribution in [0.15, 0.2) is 22.6 Å². The first-order valence-corrected chi connectivity index (χ1v) is 9.19. The summed E-state index contributed by atoms with van der Waals surface area (Å²) in [5.74, 6) is 1.98. The van der Waals surface area contributed by atoms with Crippen LogP contribution >= 0.6 is 0 Å². The van der Waals surface area contributed by atoms with Crippen molar-refractivity contribution in [2.24, 2.45) is 0 Å². The first kappa shape index (κ1) is 15.6. The molecule has 1 aliphatic heterocycles. The molecule has 4 heteroatoms. The lowest BCUT2D eigenvalue weighted by Crippen LogP contribution is -2.44. The second-order valence-corrected chi connectivity index (χ2v) is 7.09. The van der Waals surface area contributed by atoms with Gasteiger partial charge in [0.2, 0.25) is 0 Å². The van der Waals surface area contributed by atoms with Crippen LogP contribution in [-0.4, -0.2) is 30.0 Å². The van der Waals surface area contributed by atoms with Crippen molar-refractivity contribution in [1.82, 2.24) is 4.90 Å². The molecule has 1 atom stereocenters. The third-order valence-electron chi connectivity index (χ3n) is 5.41. The predicted octanol–water partition coefficient (Wildman–Crippen LogP) is 4.09. The van der Waals surface area contributed by atoms with Gasteiger partial charge in [-0.3, -0.25) is 4.79 Å². The Bertz CT molecular complexity index is 749. The molecule has 0 bridgehead atoms. The van der Waals surface area contributed by atoms with Gasteiger partial charge in [0.1, 0.15) is 17.1 Å². The molecule has 1 amide bonds. The van der Waals surface area contributed by atoms with Gasteiger partial charge in [-0.25, -0.2) is 0 Å². The average molecular weight is 327 g/mol. The van der Waals surface area contributed by atoms with Crippen LogP contribution in [0.4, 0.5) is 0 Å². The summed E-state index contributed by atoms with van der Waals surface area (Å²) >= 11 is 0. The van der Waals surface area contributed by atoms with Crippen LogP contribution in [0.1, 0.15) is 50.4 Å². The van der Waals surface area contributed by atoms with Crippen molar-refractivity contribution in [2.45, 2.75) is 57.9 Å². The molecule has 24 heavy (non-hydrogen) atoms. The minimum Gasteiger partial charge on any atom is -0.484 e. The van der Waals surface area contributed by atoms with E-state index in [2.05, 4.69) is 6.92 Å². The van der Waals surface area contributed by atoms with Gasteiger partial charge >= 0.3 is 0 Å². The Balaban J connectivity index is 1.47. The third kappa shape index (κ3) is 2.90. The standard InChI is InChI=1S/C20H25NO3/c1-14-6-4-5-11-21(14)20(22)13-23-15-9-10-19-17(12-15)16-7-2-3-8-18(16)24-19/h9-10,12,14H,2-8,11,13H2,1H3. The number of hydrogen-bond donors (Lipinski definition) is 0. The number of hydrogen-bond acceptors (Lipinski definition) is 3. The molecule has 1 aromatic heterocycles. The molecule has 0 N–H and O–H groups in total. The van der Waals surface area contributed by atoms with Gasteiger partial charge in [-0.05, 0) is 63.6 Å². The van der Waals surface area contributed by atoms with Crippen LogP contribution < -0.4 is 4.74 Å². The summed E-state index contributed by atoms with van der Waals surface area (Å²) < 4.78 is 11.8. The molecule has 1 aromatic carbocycles. The van der Waals surface area contributed by atoms with Crippen molar-refractivity contribution >= 4 is 16.9 Å². The molecule has 1 unspecified atom stereocenters. The Morgan fingerprint density at radius 1 is 1.25 bits per heavy atom. The number of rotatable bonds is 3. The lowest BCUT2D eigenvalue weighted by atomic mass is 9.96. The van der Waals surface area contributed by atoms with Crippen LogP contribution in [0.3, 0.4) is 0 Å². The summed E-state index contributed by atoms with van der Waals surface area (Å²) in [6.07, 6.45) is 7.95. The number of carbonyl (C=O) groups excluding carboxylic acids is 1. The molecule has 2 aromatic rings. The van der Waals surface area contributed by atoms with E-state index in [1.165, 1.54) is 24.8 Å². The van der Waals surface area contributed by atoms with Crippen molar-refractivity contribution < 1.29 is 13.9 Å². The minimum absolute atomic E-state index is 0.0940. The number of benzene rings is 1. The fourth-order valence-electron chi connectivity index (χ4n) is 4.03. The Morgan fingerprint density at radius 2 is 2.12 bits per heavy atom. The molecule has 0 radical (unpaired) electrons. The maximum absolute atomic E-state index is 12.4. The zero-order chi connectivity index (χ0) is 16.5. The smallest absolute Gasteiger partial charge is 0.260 e. The fourth-order valence-corrected chi connectivity index (χ4v) is 4.03. The summed E-state index contributed by atoms with van der Waals surface area (Å²) in [6.45, 7) is 3.11. The quantitative estimate of drug-likeness (QED) is 0.852. The van der Waals surface area contributed by atoms with Crippen LogP contribution in [0, 0.1) is 0 Å². The molecule has 128 valence electrons. The second kappa shape index (κ2) is 6.50. The lowest BCUT2D eigenvalue weighted by Gasteiger charge is -2.33. The van der Waals surface area contributed by atoms with Crippen molar-refractivity contribution in [3.05, 3.63) is 29.5 Å². The predicted molar refractivity (Wildman–Crippen MR) is 93.4 cm³/mol. The molecule has 0 saturated carbocycles. The van der Waals surface area contributed by atoms with E-state index < -0.39 is 0 Å². The Kier molecular flexibility index (Phi) is 4.21. The minimum atomic E-state index is 0.0940. The Hall–Kier alpha value is -1.97. The molecule has 0 spiro atoms. The number of amides is 1. The maximum atomic E-state index is 12.4. The van der Waals surface area contributed by atoms with Gasteiger partial charge in [0, 0.05) is 30.0 Å². The van der Waals surface area contributed by atoms with E-state index in [-0.39, 0.29) is 12.5 Å². The normalized spacial score (nSPS) is 20.9. The molecule has 1 saturated heterocycles. The van der Waals surface area contributed by atoms with Crippen LogP contribution in [0.2, 0.25) is 0 Å². The zero-order valence-corrected chi connectivity index (χ0v) is 14.3. The highest BCUT2D eigenvalue weighted by atomic mass is 16.5. The fraction of sp³-hybridized carbons (Fsp3) is 0.550. The number of carbonyl (C=O) groups is 1. The number of fused-ring (bicyclic) bond motifs is 3. The van der Waals surface area contributed by atoms with Crippen molar-refractivity contribution in [3.63, 3.8) is 0 Å². The van der Waals surface area contributed by atoms with Crippen LogP contribution in [0.5, 0.6) is 5.75 Å². The Labute approximate surface area is 142 Å². The van der Waals surface area contributed by atoms with E-state index >= 15 is 0 Å².